The topological polar surface area (TPSA) is 75.9 Å². The molecule has 0 saturated carbocycles. The van der Waals surface area contributed by atoms with Crippen LogP contribution in [-0.4, -0.2) is 51.7 Å². The van der Waals surface area contributed by atoms with E-state index in [0.717, 1.165) is 37.0 Å². The van der Waals surface area contributed by atoms with E-state index in [9.17, 15) is 13.6 Å². The van der Waals surface area contributed by atoms with Crippen molar-refractivity contribution in [2.45, 2.75) is 32.2 Å². The van der Waals surface area contributed by atoms with Gasteiger partial charge in [-0.15, -0.1) is 12.4 Å². The van der Waals surface area contributed by atoms with Crippen LogP contribution in [0, 0.1) is 5.41 Å². The zero-order chi connectivity index (χ0) is 16.7. The number of rotatable bonds is 3. The summed E-state index contributed by atoms with van der Waals surface area (Å²) >= 11 is 0. The van der Waals surface area contributed by atoms with Gasteiger partial charge >= 0.3 is 0 Å². The van der Waals surface area contributed by atoms with Gasteiger partial charge in [-0.25, -0.2) is 23.4 Å². The molecule has 2 saturated heterocycles. The van der Waals surface area contributed by atoms with Crippen LogP contribution in [-0.2, 0) is 11.3 Å². The molecule has 2 aromatic heterocycles. The van der Waals surface area contributed by atoms with Gasteiger partial charge in [-0.3, -0.25) is 9.69 Å². The van der Waals surface area contributed by atoms with Crippen LogP contribution in [0.1, 0.15) is 19.3 Å². The largest absolute Gasteiger partial charge is 0.317 e. The molecule has 7 nitrogen and oxygen atoms in total. The smallest absolute Gasteiger partial charge is 0.258 e. The van der Waals surface area contributed by atoms with Crippen molar-refractivity contribution in [3.63, 3.8) is 0 Å². The molecule has 4 heterocycles. The van der Waals surface area contributed by atoms with Crippen molar-refractivity contribution in [3.8, 4) is 0 Å². The van der Waals surface area contributed by atoms with Gasteiger partial charge in [0.05, 0.1) is 17.8 Å². The summed E-state index contributed by atoms with van der Waals surface area (Å²) in [7, 11) is 0. The number of halogens is 3. The normalized spacial score (nSPS) is 19.8. The van der Waals surface area contributed by atoms with Crippen molar-refractivity contribution >= 4 is 35.3 Å². The lowest BCUT2D eigenvalue weighted by atomic mass is 9.78. The first-order chi connectivity index (χ1) is 11.6. The number of fused-ring (bicyclic) bond motifs is 1. The summed E-state index contributed by atoms with van der Waals surface area (Å²) in [6.07, 6.45) is 2.85. The first-order valence-electron chi connectivity index (χ1n) is 8.08. The maximum Gasteiger partial charge on any atom is 0.258 e. The summed E-state index contributed by atoms with van der Waals surface area (Å²) in [6, 6.07) is 0. The van der Waals surface area contributed by atoms with Gasteiger partial charge in [-0.1, -0.05) is 0 Å². The van der Waals surface area contributed by atoms with Gasteiger partial charge in [0.25, 0.3) is 6.43 Å². The van der Waals surface area contributed by atoms with Crippen molar-refractivity contribution in [1.82, 2.24) is 25.1 Å². The second-order valence-electron chi connectivity index (χ2n) is 6.39. The Labute approximate surface area is 149 Å². The molecule has 136 valence electrons. The Morgan fingerprint density at radius 2 is 2.00 bits per heavy atom. The molecule has 10 heteroatoms. The number of aromatic nitrogens is 4. The second-order valence-corrected chi connectivity index (χ2v) is 6.39. The van der Waals surface area contributed by atoms with Gasteiger partial charge in [0.1, 0.15) is 12.1 Å². The number of nitrogens with zero attached hydrogens (tertiary/aromatic N) is 5. The molecule has 2 aliphatic heterocycles. The molecule has 0 aromatic carbocycles. The Morgan fingerprint density at radius 3 is 2.72 bits per heavy atom. The molecule has 2 aliphatic rings. The zero-order valence-electron chi connectivity index (χ0n) is 13.5. The van der Waals surface area contributed by atoms with Crippen molar-refractivity contribution in [2.75, 3.05) is 24.5 Å². The number of hydrogen-bond acceptors (Lipinski definition) is 5. The van der Waals surface area contributed by atoms with Crippen LogP contribution in [0.4, 0.5) is 14.6 Å². The van der Waals surface area contributed by atoms with Gasteiger partial charge in [0, 0.05) is 6.54 Å². The zero-order valence-corrected chi connectivity index (χ0v) is 14.3. The van der Waals surface area contributed by atoms with Crippen molar-refractivity contribution in [3.05, 3.63) is 12.4 Å². The minimum Gasteiger partial charge on any atom is -0.317 e. The van der Waals surface area contributed by atoms with Crippen LogP contribution in [0.2, 0.25) is 0 Å². The Morgan fingerprint density at radius 1 is 1.24 bits per heavy atom. The monoisotopic (exact) mass is 372 g/mol. The number of amides is 1. The number of piperidine rings is 1. The fraction of sp³-hybridized carbons (Fsp3) is 0.600. The summed E-state index contributed by atoms with van der Waals surface area (Å²) in [4.78, 5) is 23.2. The molecule has 0 unspecified atom stereocenters. The second kappa shape index (κ2) is 6.80. The third-order valence-corrected chi connectivity index (χ3v) is 4.99. The Bertz CT molecular complexity index is 776. The van der Waals surface area contributed by atoms with Gasteiger partial charge in [0.15, 0.2) is 11.5 Å². The van der Waals surface area contributed by atoms with Crippen molar-refractivity contribution in [1.29, 1.82) is 0 Å². The fourth-order valence-corrected chi connectivity index (χ4v) is 3.64. The highest BCUT2D eigenvalue weighted by Crippen LogP contribution is 2.41. The molecule has 2 fully saturated rings. The SMILES string of the molecule is Cl.O=C1N(c2cnc3cnn(CC(F)F)c3n2)CCC12CCNCC2. The maximum atomic E-state index is 12.9. The predicted octanol–water partition coefficient (Wildman–Crippen LogP) is 1.62. The molecule has 1 amide bonds. The van der Waals surface area contributed by atoms with Crippen LogP contribution in [0.3, 0.4) is 0 Å². The Balaban J connectivity index is 0.00000182. The third-order valence-electron chi connectivity index (χ3n) is 4.99. The Hall–Kier alpha value is -1.87. The molecule has 0 radical (unpaired) electrons. The third kappa shape index (κ3) is 3.06. The first kappa shape index (κ1) is 17.9. The van der Waals surface area contributed by atoms with Crippen LogP contribution in [0.5, 0.6) is 0 Å². The van der Waals surface area contributed by atoms with E-state index in [1.165, 1.54) is 12.4 Å². The number of anilines is 1. The average Bonchev–Trinajstić information content (AvgIpc) is 3.10. The molecule has 4 rings (SSSR count). The lowest BCUT2D eigenvalue weighted by Gasteiger charge is -2.31. The van der Waals surface area contributed by atoms with E-state index >= 15 is 0 Å². The molecule has 2 aromatic rings. The highest BCUT2D eigenvalue weighted by atomic mass is 35.5. The number of carbonyl (C=O) groups excluding carboxylic acids is 1. The quantitative estimate of drug-likeness (QED) is 0.886. The standard InChI is InChI=1S/C15H18F2N6O.ClH/c16-11(17)9-23-13-10(7-20-23)19-8-12(21-13)22-6-3-15(14(22)24)1-4-18-5-2-15;/h7-8,11,18H,1-6,9H2;1H. The van der Waals surface area contributed by atoms with Gasteiger partial charge in [-0.2, -0.15) is 5.10 Å². The minimum atomic E-state index is -2.52. The van der Waals surface area contributed by atoms with E-state index in [1.807, 2.05) is 0 Å². The molecule has 1 spiro atoms. The van der Waals surface area contributed by atoms with Crippen LogP contribution in [0.15, 0.2) is 12.4 Å². The lowest BCUT2D eigenvalue weighted by Crippen LogP contribution is -2.42. The van der Waals surface area contributed by atoms with E-state index in [0.29, 0.717) is 17.9 Å². The van der Waals surface area contributed by atoms with Crippen molar-refractivity contribution in [2.24, 2.45) is 5.41 Å². The predicted molar refractivity (Wildman–Crippen MR) is 90.1 cm³/mol. The molecule has 1 N–H and O–H groups in total. The van der Waals surface area contributed by atoms with Crippen LogP contribution < -0.4 is 10.2 Å². The number of hydrogen-bond donors (Lipinski definition) is 1. The fourth-order valence-electron chi connectivity index (χ4n) is 3.64. The van der Waals surface area contributed by atoms with E-state index in [4.69, 9.17) is 0 Å². The summed E-state index contributed by atoms with van der Waals surface area (Å²) < 4.78 is 26.4. The van der Waals surface area contributed by atoms with Gasteiger partial charge in [-0.05, 0) is 32.4 Å². The highest BCUT2D eigenvalue weighted by Gasteiger charge is 2.47. The van der Waals surface area contributed by atoms with E-state index in [2.05, 4.69) is 20.4 Å². The van der Waals surface area contributed by atoms with Gasteiger partial charge < -0.3 is 5.32 Å². The molecule has 0 atom stereocenters. The molecular weight excluding hydrogens is 354 g/mol. The summed E-state index contributed by atoms with van der Waals surface area (Å²) in [5.41, 5.74) is 0.417. The van der Waals surface area contributed by atoms with E-state index in [-0.39, 0.29) is 29.4 Å². The average molecular weight is 373 g/mol. The molecule has 0 aliphatic carbocycles. The number of alkyl halides is 2. The maximum absolute atomic E-state index is 12.9. The molecule has 25 heavy (non-hydrogen) atoms. The summed E-state index contributed by atoms with van der Waals surface area (Å²) in [5.74, 6) is 0.483. The minimum absolute atomic E-state index is 0. The molecular formula is C15H19ClF2N6O. The van der Waals surface area contributed by atoms with Crippen LogP contribution >= 0.6 is 12.4 Å². The number of carbonyl (C=O) groups is 1. The number of nitrogens with one attached hydrogen (secondary N) is 1. The molecule has 0 bridgehead atoms. The lowest BCUT2D eigenvalue weighted by molar-refractivity contribution is -0.126. The highest BCUT2D eigenvalue weighted by molar-refractivity contribution is 5.99. The van der Waals surface area contributed by atoms with Gasteiger partial charge in [0.2, 0.25) is 5.91 Å². The van der Waals surface area contributed by atoms with E-state index < -0.39 is 13.0 Å². The first-order valence-corrected chi connectivity index (χ1v) is 8.08. The summed E-state index contributed by atoms with van der Waals surface area (Å²) in [6.45, 7) is 1.73. The van der Waals surface area contributed by atoms with Crippen LogP contribution in [0.25, 0.3) is 11.2 Å². The summed E-state index contributed by atoms with van der Waals surface area (Å²) in [5, 5.41) is 7.18. The van der Waals surface area contributed by atoms with Crippen molar-refractivity contribution < 1.29 is 13.6 Å². The Kier molecular flexibility index (Phi) is 4.88. The van der Waals surface area contributed by atoms with E-state index in [1.54, 1.807) is 4.90 Å².